The first-order chi connectivity index (χ1) is 13.0. The predicted molar refractivity (Wildman–Crippen MR) is 110 cm³/mol. The van der Waals surface area contributed by atoms with E-state index >= 15 is 0 Å². The van der Waals surface area contributed by atoms with Crippen molar-refractivity contribution >= 4 is 5.91 Å². The van der Waals surface area contributed by atoms with E-state index in [4.69, 9.17) is 0 Å². The number of aryl methyl sites for hydroxylation is 1. The van der Waals surface area contributed by atoms with Crippen LogP contribution in [0.25, 0.3) is 0 Å². The minimum absolute atomic E-state index is 0.0192. The summed E-state index contributed by atoms with van der Waals surface area (Å²) in [7, 11) is 0. The molecule has 3 rings (SSSR count). The fraction of sp³-hybridized carbons (Fsp3) is 0.292. The largest absolute Gasteiger partial charge is 0.345 e. The molecule has 0 unspecified atom stereocenters. The van der Waals surface area contributed by atoms with Crippen LogP contribution in [0.1, 0.15) is 36.2 Å². The zero-order valence-corrected chi connectivity index (χ0v) is 16.4. The zero-order valence-electron chi connectivity index (χ0n) is 16.4. The molecule has 0 spiro atoms. The van der Waals surface area contributed by atoms with Crippen molar-refractivity contribution in [2.75, 3.05) is 0 Å². The number of aromatic nitrogens is 1. The first kappa shape index (κ1) is 19.0. The molecule has 0 radical (unpaired) electrons. The molecule has 0 saturated heterocycles. The number of amides is 1. The summed E-state index contributed by atoms with van der Waals surface area (Å²) in [5.41, 5.74) is 4.84. The molecule has 2 aromatic carbocycles. The molecule has 1 heterocycles. The highest BCUT2D eigenvalue weighted by Gasteiger charge is 2.19. The molecule has 27 heavy (non-hydrogen) atoms. The van der Waals surface area contributed by atoms with Crippen LogP contribution in [0.2, 0.25) is 0 Å². The summed E-state index contributed by atoms with van der Waals surface area (Å²) in [6, 6.07) is 23.0. The highest BCUT2D eigenvalue weighted by Crippen LogP contribution is 2.16. The van der Waals surface area contributed by atoms with Gasteiger partial charge in [-0.15, -0.1) is 0 Å². The Bertz CT molecular complexity index is 863. The van der Waals surface area contributed by atoms with Crippen molar-refractivity contribution in [1.29, 1.82) is 0 Å². The van der Waals surface area contributed by atoms with Gasteiger partial charge in [0.25, 0.3) is 0 Å². The SMILES string of the molecule is Cc1ccc(Cn2cccc2CN(Cc2ccccc2)C(=O)C(C)C)cc1. The van der Waals surface area contributed by atoms with Gasteiger partial charge in [0, 0.05) is 30.9 Å². The lowest BCUT2D eigenvalue weighted by Crippen LogP contribution is -2.34. The summed E-state index contributed by atoms with van der Waals surface area (Å²) in [6.07, 6.45) is 2.09. The van der Waals surface area contributed by atoms with Crippen LogP contribution in [-0.2, 0) is 24.4 Å². The lowest BCUT2D eigenvalue weighted by molar-refractivity contribution is -0.135. The fourth-order valence-electron chi connectivity index (χ4n) is 3.21. The molecular weight excluding hydrogens is 332 g/mol. The molecule has 0 fully saturated rings. The van der Waals surface area contributed by atoms with Gasteiger partial charge in [0.05, 0.1) is 6.54 Å². The Labute approximate surface area is 162 Å². The molecule has 0 bridgehead atoms. The molecule has 0 N–H and O–H groups in total. The molecule has 140 valence electrons. The Morgan fingerprint density at radius 3 is 2.26 bits per heavy atom. The summed E-state index contributed by atoms with van der Waals surface area (Å²) < 4.78 is 2.23. The average Bonchev–Trinajstić information content (AvgIpc) is 3.10. The Kier molecular flexibility index (Phi) is 6.12. The van der Waals surface area contributed by atoms with Crippen molar-refractivity contribution in [2.24, 2.45) is 5.92 Å². The number of carbonyl (C=O) groups is 1. The molecule has 0 aliphatic rings. The first-order valence-corrected chi connectivity index (χ1v) is 9.55. The van der Waals surface area contributed by atoms with E-state index in [0.29, 0.717) is 13.1 Å². The summed E-state index contributed by atoms with van der Waals surface area (Å²) >= 11 is 0. The predicted octanol–water partition coefficient (Wildman–Crippen LogP) is 5.03. The van der Waals surface area contributed by atoms with Gasteiger partial charge in [-0.1, -0.05) is 74.0 Å². The molecule has 3 nitrogen and oxygen atoms in total. The van der Waals surface area contributed by atoms with Crippen molar-refractivity contribution < 1.29 is 4.79 Å². The van der Waals surface area contributed by atoms with E-state index in [1.165, 1.54) is 11.1 Å². The maximum absolute atomic E-state index is 12.8. The minimum atomic E-state index is -0.0192. The van der Waals surface area contributed by atoms with Gasteiger partial charge in [-0.25, -0.2) is 0 Å². The van der Waals surface area contributed by atoms with Crippen LogP contribution in [0.4, 0.5) is 0 Å². The number of nitrogens with zero attached hydrogens (tertiary/aromatic N) is 2. The van der Waals surface area contributed by atoms with Crippen LogP contribution in [0.5, 0.6) is 0 Å². The second-order valence-electron chi connectivity index (χ2n) is 7.45. The maximum Gasteiger partial charge on any atom is 0.225 e. The molecule has 3 heteroatoms. The van der Waals surface area contributed by atoms with E-state index in [0.717, 1.165) is 17.8 Å². The highest BCUT2D eigenvalue weighted by atomic mass is 16.2. The standard InChI is InChI=1S/C24H28N2O/c1-19(2)24(27)26(17-21-8-5-4-6-9-21)18-23-10-7-15-25(23)16-22-13-11-20(3)12-14-22/h4-15,19H,16-18H2,1-3H3. The zero-order chi connectivity index (χ0) is 19.2. The third-order valence-corrected chi connectivity index (χ3v) is 4.77. The summed E-state index contributed by atoms with van der Waals surface area (Å²) in [4.78, 5) is 14.8. The number of carbonyl (C=O) groups excluding carboxylic acids is 1. The fourth-order valence-corrected chi connectivity index (χ4v) is 3.21. The van der Waals surface area contributed by atoms with Gasteiger partial charge in [0.1, 0.15) is 0 Å². The average molecular weight is 361 g/mol. The smallest absolute Gasteiger partial charge is 0.225 e. The molecule has 0 aliphatic carbocycles. The van der Waals surface area contributed by atoms with Gasteiger partial charge in [-0.2, -0.15) is 0 Å². The number of rotatable bonds is 7. The van der Waals surface area contributed by atoms with E-state index < -0.39 is 0 Å². The topological polar surface area (TPSA) is 25.2 Å². The Hall–Kier alpha value is -2.81. The van der Waals surface area contributed by atoms with Crippen LogP contribution in [0.15, 0.2) is 72.9 Å². The van der Waals surface area contributed by atoms with Crippen molar-refractivity contribution in [1.82, 2.24) is 9.47 Å². The molecule has 0 atom stereocenters. The van der Waals surface area contributed by atoms with Gasteiger partial charge < -0.3 is 9.47 Å². The van der Waals surface area contributed by atoms with E-state index in [2.05, 4.69) is 66.2 Å². The summed E-state index contributed by atoms with van der Waals surface area (Å²) in [6.45, 7) is 8.09. The van der Waals surface area contributed by atoms with Gasteiger partial charge in [0.15, 0.2) is 0 Å². The van der Waals surface area contributed by atoms with Crippen molar-refractivity contribution in [3.63, 3.8) is 0 Å². The van der Waals surface area contributed by atoms with Crippen molar-refractivity contribution in [3.05, 3.63) is 95.3 Å². The lowest BCUT2D eigenvalue weighted by atomic mass is 10.1. The van der Waals surface area contributed by atoms with Gasteiger partial charge in [0.2, 0.25) is 5.91 Å². The maximum atomic E-state index is 12.8. The Balaban J connectivity index is 1.78. The van der Waals surface area contributed by atoms with E-state index in [1.807, 2.05) is 36.9 Å². The van der Waals surface area contributed by atoms with Gasteiger partial charge >= 0.3 is 0 Å². The first-order valence-electron chi connectivity index (χ1n) is 9.55. The monoisotopic (exact) mass is 360 g/mol. The van der Waals surface area contributed by atoms with E-state index in [1.54, 1.807) is 0 Å². The van der Waals surface area contributed by atoms with E-state index in [-0.39, 0.29) is 11.8 Å². The minimum Gasteiger partial charge on any atom is -0.345 e. The summed E-state index contributed by atoms with van der Waals surface area (Å²) in [5.74, 6) is 0.163. The second kappa shape index (κ2) is 8.72. The van der Waals surface area contributed by atoms with Crippen LogP contribution < -0.4 is 0 Å². The van der Waals surface area contributed by atoms with Crippen LogP contribution in [0.3, 0.4) is 0 Å². The van der Waals surface area contributed by atoms with Crippen molar-refractivity contribution in [2.45, 2.75) is 40.4 Å². The van der Waals surface area contributed by atoms with Crippen LogP contribution in [-0.4, -0.2) is 15.4 Å². The molecule has 0 saturated carbocycles. The van der Waals surface area contributed by atoms with Crippen molar-refractivity contribution in [3.8, 4) is 0 Å². The van der Waals surface area contributed by atoms with Gasteiger partial charge in [-0.3, -0.25) is 4.79 Å². The second-order valence-corrected chi connectivity index (χ2v) is 7.45. The summed E-state index contributed by atoms with van der Waals surface area (Å²) in [5, 5.41) is 0. The number of hydrogen-bond donors (Lipinski definition) is 0. The highest BCUT2D eigenvalue weighted by molar-refractivity contribution is 5.78. The quantitative estimate of drug-likeness (QED) is 0.580. The van der Waals surface area contributed by atoms with Crippen LogP contribution >= 0.6 is 0 Å². The molecule has 1 amide bonds. The number of hydrogen-bond acceptors (Lipinski definition) is 1. The van der Waals surface area contributed by atoms with Gasteiger partial charge in [-0.05, 0) is 30.2 Å². The molecule has 0 aliphatic heterocycles. The normalized spacial score (nSPS) is 11.0. The number of benzene rings is 2. The Morgan fingerprint density at radius 2 is 1.59 bits per heavy atom. The van der Waals surface area contributed by atoms with E-state index in [9.17, 15) is 4.79 Å². The molecular formula is C24H28N2O. The molecule has 3 aromatic rings. The van der Waals surface area contributed by atoms with Crippen LogP contribution in [0, 0.1) is 12.8 Å². The third kappa shape index (κ3) is 5.10. The lowest BCUT2D eigenvalue weighted by Gasteiger charge is -2.25. The Morgan fingerprint density at radius 1 is 0.889 bits per heavy atom. The molecule has 1 aromatic heterocycles. The third-order valence-electron chi connectivity index (χ3n) is 4.77.